The molecule has 0 atom stereocenters. The van der Waals surface area contributed by atoms with Crippen molar-refractivity contribution in [2.45, 2.75) is 27.3 Å². The van der Waals surface area contributed by atoms with E-state index >= 15 is 0 Å². The standard InChI is InChI=1S/C20H23IN6O4/c1-4-30-15-7-5-14(6-8-15)18(28)22-9-10-23-19(29)20-24-16(26-31-20)11-27-13(3)17(21)12(2)25-27/h5-8H,4,9-11H2,1-3H3,(H,22,28)(H,23,29). The fraction of sp³-hybridized carbons (Fsp3) is 0.350. The minimum Gasteiger partial charge on any atom is -0.494 e. The molecule has 0 spiro atoms. The molecule has 2 amide bonds. The van der Waals surface area contributed by atoms with E-state index in [4.69, 9.17) is 9.26 Å². The van der Waals surface area contributed by atoms with Crippen LogP contribution in [0.2, 0.25) is 0 Å². The summed E-state index contributed by atoms with van der Waals surface area (Å²) in [6.45, 7) is 7.12. The van der Waals surface area contributed by atoms with Crippen LogP contribution in [0.5, 0.6) is 5.75 Å². The Morgan fingerprint density at radius 2 is 1.81 bits per heavy atom. The van der Waals surface area contributed by atoms with Crippen LogP contribution in [0.25, 0.3) is 0 Å². The second kappa shape index (κ2) is 10.4. The maximum absolute atomic E-state index is 12.2. The quantitative estimate of drug-likeness (QED) is 0.316. The van der Waals surface area contributed by atoms with E-state index in [0.29, 0.717) is 30.3 Å². The van der Waals surface area contributed by atoms with E-state index in [1.54, 1.807) is 28.9 Å². The van der Waals surface area contributed by atoms with Crippen LogP contribution in [0.1, 0.15) is 45.2 Å². The molecule has 0 aliphatic heterocycles. The van der Waals surface area contributed by atoms with E-state index < -0.39 is 5.91 Å². The lowest BCUT2D eigenvalue weighted by atomic mass is 10.2. The molecule has 0 fully saturated rings. The zero-order valence-corrected chi connectivity index (χ0v) is 19.6. The number of amides is 2. The zero-order chi connectivity index (χ0) is 22.4. The molecule has 1 aromatic carbocycles. The molecule has 0 aliphatic carbocycles. The van der Waals surface area contributed by atoms with Gasteiger partial charge in [-0.25, -0.2) is 0 Å². The third-order valence-electron chi connectivity index (χ3n) is 4.37. The summed E-state index contributed by atoms with van der Waals surface area (Å²) >= 11 is 2.23. The van der Waals surface area contributed by atoms with Crippen LogP contribution in [0.3, 0.4) is 0 Å². The lowest BCUT2D eigenvalue weighted by Gasteiger charge is -2.07. The van der Waals surface area contributed by atoms with E-state index in [1.165, 1.54) is 0 Å². The summed E-state index contributed by atoms with van der Waals surface area (Å²) in [6.07, 6.45) is 0. The maximum atomic E-state index is 12.2. The lowest BCUT2D eigenvalue weighted by Crippen LogP contribution is -2.34. The molecule has 3 aromatic rings. The summed E-state index contributed by atoms with van der Waals surface area (Å²) in [6, 6.07) is 6.84. The fourth-order valence-electron chi connectivity index (χ4n) is 2.77. The molecule has 0 saturated heterocycles. The van der Waals surface area contributed by atoms with Crippen molar-refractivity contribution in [3.63, 3.8) is 0 Å². The number of hydrogen-bond acceptors (Lipinski definition) is 7. The molecule has 31 heavy (non-hydrogen) atoms. The van der Waals surface area contributed by atoms with E-state index in [9.17, 15) is 9.59 Å². The van der Waals surface area contributed by atoms with Crippen molar-refractivity contribution in [1.29, 1.82) is 0 Å². The first-order valence-corrected chi connectivity index (χ1v) is 10.8. The minimum atomic E-state index is -0.503. The Bertz CT molecular complexity index is 1060. The van der Waals surface area contributed by atoms with Crippen molar-refractivity contribution in [2.75, 3.05) is 19.7 Å². The summed E-state index contributed by atoms with van der Waals surface area (Å²) in [7, 11) is 0. The first-order chi connectivity index (χ1) is 14.9. The smallest absolute Gasteiger partial charge is 0.316 e. The van der Waals surface area contributed by atoms with Crippen molar-refractivity contribution in [3.8, 4) is 5.75 Å². The molecule has 0 unspecified atom stereocenters. The van der Waals surface area contributed by atoms with Gasteiger partial charge in [0.15, 0.2) is 5.82 Å². The average Bonchev–Trinajstić information content (AvgIpc) is 3.32. The minimum absolute atomic E-state index is 0.135. The highest BCUT2D eigenvalue weighted by atomic mass is 127. The van der Waals surface area contributed by atoms with Crippen LogP contribution in [0, 0.1) is 17.4 Å². The van der Waals surface area contributed by atoms with Crippen LogP contribution in [0.4, 0.5) is 0 Å². The topological polar surface area (TPSA) is 124 Å². The van der Waals surface area contributed by atoms with Crippen LogP contribution < -0.4 is 15.4 Å². The van der Waals surface area contributed by atoms with Crippen LogP contribution in [0.15, 0.2) is 28.8 Å². The summed E-state index contributed by atoms with van der Waals surface area (Å²) < 4.78 is 13.2. The highest BCUT2D eigenvalue weighted by molar-refractivity contribution is 14.1. The number of aromatic nitrogens is 4. The van der Waals surface area contributed by atoms with Gasteiger partial charge in [-0.3, -0.25) is 14.3 Å². The normalized spacial score (nSPS) is 10.7. The molecule has 3 rings (SSSR count). The Labute approximate surface area is 192 Å². The number of halogens is 1. The SMILES string of the molecule is CCOc1ccc(C(=O)NCCNC(=O)c2nc(Cn3nc(C)c(I)c3C)no2)cc1. The van der Waals surface area contributed by atoms with E-state index in [-0.39, 0.29) is 24.9 Å². The fourth-order valence-corrected chi connectivity index (χ4v) is 3.16. The number of aryl methyl sites for hydroxylation is 1. The molecule has 0 bridgehead atoms. The van der Waals surface area contributed by atoms with Gasteiger partial charge in [-0.15, -0.1) is 0 Å². The molecular weight excluding hydrogens is 515 g/mol. The van der Waals surface area contributed by atoms with Crippen molar-refractivity contribution < 1.29 is 18.8 Å². The van der Waals surface area contributed by atoms with Crippen molar-refractivity contribution in [1.82, 2.24) is 30.6 Å². The molecule has 0 radical (unpaired) electrons. The van der Waals surface area contributed by atoms with Gasteiger partial charge in [0.2, 0.25) is 0 Å². The number of rotatable bonds is 9. The Balaban J connectivity index is 1.44. The zero-order valence-electron chi connectivity index (χ0n) is 17.4. The average molecular weight is 538 g/mol. The molecule has 2 heterocycles. The molecule has 0 aliphatic rings. The molecule has 0 saturated carbocycles. The van der Waals surface area contributed by atoms with Gasteiger partial charge in [0, 0.05) is 24.3 Å². The van der Waals surface area contributed by atoms with Gasteiger partial charge in [0.1, 0.15) is 12.3 Å². The molecule has 2 N–H and O–H groups in total. The number of nitrogens with one attached hydrogen (secondary N) is 2. The van der Waals surface area contributed by atoms with Crippen LogP contribution in [-0.2, 0) is 6.54 Å². The third kappa shape index (κ3) is 5.81. The molecule has 164 valence electrons. The summed E-state index contributed by atoms with van der Waals surface area (Å²) in [5.74, 6) is 0.187. The second-order valence-electron chi connectivity index (χ2n) is 6.63. The van der Waals surface area contributed by atoms with Crippen LogP contribution in [-0.4, -0.2) is 51.4 Å². The van der Waals surface area contributed by atoms with Crippen molar-refractivity contribution in [3.05, 3.63) is 56.5 Å². The summed E-state index contributed by atoms with van der Waals surface area (Å²) in [5.41, 5.74) is 2.43. The maximum Gasteiger partial charge on any atom is 0.316 e. The van der Waals surface area contributed by atoms with E-state index in [0.717, 1.165) is 15.0 Å². The largest absolute Gasteiger partial charge is 0.494 e. The highest BCUT2D eigenvalue weighted by Gasteiger charge is 2.17. The van der Waals surface area contributed by atoms with E-state index in [1.807, 2.05) is 20.8 Å². The van der Waals surface area contributed by atoms with Gasteiger partial charge in [-0.1, -0.05) is 5.16 Å². The van der Waals surface area contributed by atoms with Crippen molar-refractivity contribution >= 4 is 34.4 Å². The number of ether oxygens (including phenoxy) is 1. The van der Waals surface area contributed by atoms with Gasteiger partial charge in [-0.2, -0.15) is 10.1 Å². The van der Waals surface area contributed by atoms with Gasteiger partial charge >= 0.3 is 11.8 Å². The number of carbonyl (C=O) groups is 2. The number of carbonyl (C=O) groups excluding carboxylic acids is 2. The van der Waals surface area contributed by atoms with Gasteiger partial charge < -0.3 is 19.9 Å². The lowest BCUT2D eigenvalue weighted by molar-refractivity contribution is 0.0898. The van der Waals surface area contributed by atoms with E-state index in [2.05, 4.69) is 48.5 Å². The first-order valence-electron chi connectivity index (χ1n) is 9.70. The third-order valence-corrected chi connectivity index (χ3v) is 5.93. The summed E-state index contributed by atoms with van der Waals surface area (Å²) in [4.78, 5) is 28.5. The molecular formula is C20H23IN6O4. The van der Waals surface area contributed by atoms with Gasteiger partial charge in [0.25, 0.3) is 5.91 Å². The van der Waals surface area contributed by atoms with Gasteiger partial charge in [0.05, 0.1) is 15.9 Å². The summed E-state index contributed by atoms with van der Waals surface area (Å²) in [5, 5.41) is 13.6. The molecule has 2 aromatic heterocycles. The Morgan fingerprint density at radius 3 is 2.42 bits per heavy atom. The molecule has 10 nitrogen and oxygen atoms in total. The number of benzene rings is 1. The predicted molar refractivity (Wildman–Crippen MR) is 120 cm³/mol. The second-order valence-corrected chi connectivity index (χ2v) is 7.71. The first kappa shape index (κ1) is 22.7. The van der Waals surface area contributed by atoms with Crippen molar-refractivity contribution in [2.24, 2.45) is 0 Å². The van der Waals surface area contributed by atoms with Gasteiger partial charge in [-0.05, 0) is 67.6 Å². The number of hydrogen-bond donors (Lipinski definition) is 2. The molecule has 11 heteroatoms. The number of nitrogens with zero attached hydrogens (tertiary/aromatic N) is 4. The van der Waals surface area contributed by atoms with Crippen LogP contribution >= 0.6 is 22.6 Å². The Hall–Kier alpha value is -2.96. The Morgan fingerprint density at radius 1 is 1.13 bits per heavy atom. The monoisotopic (exact) mass is 538 g/mol. The Kier molecular flexibility index (Phi) is 7.60. The predicted octanol–water partition coefficient (Wildman–Crippen LogP) is 2.09. The highest BCUT2D eigenvalue weighted by Crippen LogP contribution is 2.16.